The molecule has 120 valence electrons. The van der Waals surface area contributed by atoms with E-state index in [0.29, 0.717) is 24.3 Å². The van der Waals surface area contributed by atoms with Crippen molar-refractivity contribution in [2.24, 2.45) is 12.8 Å². The van der Waals surface area contributed by atoms with Crippen LogP contribution in [0.25, 0.3) is 0 Å². The van der Waals surface area contributed by atoms with Gasteiger partial charge in [0.25, 0.3) is 17.7 Å². The standard InChI is InChI=1S/C14H16N6O3/c1-19-11(12(15)21)9(6-17-19)18-13(22)8-5-10-14(23)16-3-2-4-20(10)7-8/h5-7H,2-4H2,1H3,(H2,15,21)(H,16,23)(H,18,22). The van der Waals surface area contributed by atoms with E-state index >= 15 is 0 Å². The van der Waals surface area contributed by atoms with Crippen molar-refractivity contribution in [1.82, 2.24) is 19.7 Å². The van der Waals surface area contributed by atoms with Crippen LogP contribution in [0.15, 0.2) is 18.5 Å². The number of carbonyl (C=O) groups excluding carboxylic acids is 3. The largest absolute Gasteiger partial charge is 0.364 e. The Hall–Kier alpha value is -3.10. The molecule has 0 saturated carbocycles. The number of rotatable bonds is 3. The molecule has 3 rings (SSSR count). The molecule has 9 heteroatoms. The third-order valence-electron chi connectivity index (χ3n) is 3.67. The van der Waals surface area contributed by atoms with Crippen LogP contribution in [0.3, 0.4) is 0 Å². The van der Waals surface area contributed by atoms with Gasteiger partial charge in [0.15, 0.2) is 0 Å². The molecule has 2 aromatic heterocycles. The fourth-order valence-electron chi connectivity index (χ4n) is 2.57. The Bertz CT molecular complexity index is 804. The molecule has 0 atom stereocenters. The predicted molar refractivity (Wildman–Crippen MR) is 81.1 cm³/mol. The van der Waals surface area contributed by atoms with Gasteiger partial charge in [-0.1, -0.05) is 0 Å². The molecule has 0 saturated heterocycles. The number of hydrogen-bond acceptors (Lipinski definition) is 4. The van der Waals surface area contributed by atoms with Crippen LogP contribution in [0.5, 0.6) is 0 Å². The molecule has 0 radical (unpaired) electrons. The average molecular weight is 316 g/mol. The molecular weight excluding hydrogens is 300 g/mol. The summed E-state index contributed by atoms with van der Waals surface area (Å²) in [6.45, 7) is 1.26. The van der Waals surface area contributed by atoms with Crippen LogP contribution >= 0.6 is 0 Å². The van der Waals surface area contributed by atoms with E-state index in [4.69, 9.17) is 5.73 Å². The Labute approximate surface area is 131 Å². The summed E-state index contributed by atoms with van der Waals surface area (Å²) < 4.78 is 3.04. The predicted octanol–water partition coefficient (Wildman–Crippen LogP) is -0.294. The van der Waals surface area contributed by atoms with Crippen molar-refractivity contribution in [2.45, 2.75) is 13.0 Å². The molecular formula is C14H16N6O3. The normalized spacial score (nSPS) is 13.9. The number of nitrogens with two attached hydrogens (primary N) is 1. The quantitative estimate of drug-likeness (QED) is 0.719. The van der Waals surface area contributed by atoms with Crippen LogP contribution in [0.2, 0.25) is 0 Å². The fourth-order valence-corrected chi connectivity index (χ4v) is 2.57. The molecule has 23 heavy (non-hydrogen) atoms. The smallest absolute Gasteiger partial charge is 0.269 e. The summed E-state index contributed by atoms with van der Waals surface area (Å²) in [4.78, 5) is 35.7. The molecule has 0 aliphatic carbocycles. The zero-order valence-electron chi connectivity index (χ0n) is 12.5. The first-order valence-corrected chi connectivity index (χ1v) is 7.09. The average Bonchev–Trinajstić information content (AvgIpc) is 3.03. The lowest BCUT2D eigenvalue weighted by atomic mass is 10.2. The van der Waals surface area contributed by atoms with Gasteiger partial charge in [0.05, 0.1) is 17.4 Å². The minimum absolute atomic E-state index is 0.108. The minimum atomic E-state index is -0.688. The molecule has 0 bridgehead atoms. The van der Waals surface area contributed by atoms with Crippen LogP contribution < -0.4 is 16.4 Å². The second kappa shape index (κ2) is 5.59. The minimum Gasteiger partial charge on any atom is -0.364 e. The van der Waals surface area contributed by atoms with Gasteiger partial charge in [0, 0.05) is 26.3 Å². The SMILES string of the molecule is Cn1ncc(NC(=O)c2cc3n(c2)CCCNC3=O)c1C(N)=O. The van der Waals surface area contributed by atoms with Crippen LogP contribution in [0.1, 0.15) is 37.8 Å². The van der Waals surface area contributed by atoms with Crippen LogP contribution in [0, 0.1) is 0 Å². The van der Waals surface area contributed by atoms with E-state index in [2.05, 4.69) is 15.7 Å². The van der Waals surface area contributed by atoms with E-state index in [9.17, 15) is 14.4 Å². The van der Waals surface area contributed by atoms with E-state index in [0.717, 1.165) is 6.42 Å². The number of amides is 3. The Balaban J connectivity index is 1.86. The second-order valence-electron chi connectivity index (χ2n) is 5.27. The summed E-state index contributed by atoms with van der Waals surface area (Å²) in [5, 5.41) is 9.27. The number of primary amides is 1. The van der Waals surface area contributed by atoms with Gasteiger partial charge in [0.2, 0.25) is 0 Å². The molecule has 1 aliphatic heterocycles. The van der Waals surface area contributed by atoms with Gasteiger partial charge in [0.1, 0.15) is 11.4 Å². The van der Waals surface area contributed by atoms with E-state index < -0.39 is 11.8 Å². The number of aromatic nitrogens is 3. The van der Waals surface area contributed by atoms with Crippen molar-refractivity contribution in [2.75, 3.05) is 11.9 Å². The summed E-state index contributed by atoms with van der Waals surface area (Å²) in [6.07, 6.45) is 3.77. The van der Waals surface area contributed by atoms with Crippen LogP contribution in [-0.4, -0.2) is 38.6 Å². The number of nitrogens with one attached hydrogen (secondary N) is 2. The number of anilines is 1. The summed E-state index contributed by atoms with van der Waals surface area (Å²) in [5.74, 6) is -1.33. The summed E-state index contributed by atoms with van der Waals surface area (Å²) in [5.41, 5.74) is 6.39. The highest BCUT2D eigenvalue weighted by atomic mass is 16.2. The zero-order valence-corrected chi connectivity index (χ0v) is 12.5. The first kappa shape index (κ1) is 14.8. The van der Waals surface area contributed by atoms with E-state index in [-0.39, 0.29) is 17.3 Å². The summed E-state index contributed by atoms with van der Waals surface area (Å²) in [6, 6.07) is 1.52. The number of fused-ring (bicyclic) bond motifs is 1. The molecule has 3 heterocycles. The van der Waals surface area contributed by atoms with Crippen LogP contribution in [-0.2, 0) is 13.6 Å². The maximum Gasteiger partial charge on any atom is 0.269 e. The third kappa shape index (κ3) is 2.68. The Morgan fingerprint density at radius 3 is 2.96 bits per heavy atom. The maximum absolute atomic E-state index is 12.4. The van der Waals surface area contributed by atoms with E-state index in [1.54, 1.807) is 17.8 Å². The Kier molecular flexibility index (Phi) is 3.61. The molecule has 0 aromatic carbocycles. The van der Waals surface area contributed by atoms with Crippen molar-refractivity contribution in [3.8, 4) is 0 Å². The monoisotopic (exact) mass is 316 g/mol. The Morgan fingerprint density at radius 1 is 1.43 bits per heavy atom. The number of carbonyl (C=O) groups is 3. The van der Waals surface area contributed by atoms with Crippen molar-refractivity contribution >= 4 is 23.4 Å². The highest BCUT2D eigenvalue weighted by molar-refractivity contribution is 6.09. The van der Waals surface area contributed by atoms with Gasteiger partial charge in [-0.3, -0.25) is 19.1 Å². The molecule has 4 N–H and O–H groups in total. The highest BCUT2D eigenvalue weighted by Crippen LogP contribution is 2.17. The molecule has 3 amide bonds. The second-order valence-corrected chi connectivity index (χ2v) is 5.27. The van der Waals surface area contributed by atoms with Gasteiger partial charge < -0.3 is 20.9 Å². The molecule has 1 aliphatic rings. The molecule has 9 nitrogen and oxygen atoms in total. The molecule has 0 spiro atoms. The lowest BCUT2D eigenvalue weighted by Gasteiger charge is -2.04. The molecule has 0 fully saturated rings. The van der Waals surface area contributed by atoms with E-state index in [1.807, 2.05) is 0 Å². The van der Waals surface area contributed by atoms with Crippen molar-refractivity contribution in [1.29, 1.82) is 0 Å². The first-order chi connectivity index (χ1) is 11.0. The Morgan fingerprint density at radius 2 is 2.22 bits per heavy atom. The van der Waals surface area contributed by atoms with Gasteiger partial charge in [-0.2, -0.15) is 5.10 Å². The third-order valence-corrected chi connectivity index (χ3v) is 3.67. The van der Waals surface area contributed by atoms with Gasteiger partial charge in [-0.05, 0) is 12.5 Å². The number of hydrogen-bond donors (Lipinski definition) is 3. The van der Waals surface area contributed by atoms with Crippen molar-refractivity contribution in [3.05, 3.63) is 35.4 Å². The number of aryl methyl sites for hydroxylation is 2. The molecule has 0 unspecified atom stereocenters. The zero-order chi connectivity index (χ0) is 16.6. The highest BCUT2D eigenvalue weighted by Gasteiger charge is 2.21. The van der Waals surface area contributed by atoms with Crippen molar-refractivity contribution in [3.63, 3.8) is 0 Å². The number of nitrogens with zero attached hydrogens (tertiary/aromatic N) is 3. The van der Waals surface area contributed by atoms with Gasteiger partial charge in [-0.15, -0.1) is 0 Å². The fraction of sp³-hybridized carbons (Fsp3) is 0.286. The van der Waals surface area contributed by atoms with E-state index in [1.165, 1.54) is 16.9 Å². The van der Waals surface area contributed by atoms with Gasteiger partial charge in [-0.25, -0.2) is 0 Å². The maximum atomic E-state index is 12.4. The van der Waals surface area contributed by atoms with Crippen LogP contribution in [0.4, 0.5) is 5.69 Å². The lowest BCUT2D eigenvalue weighted by Crippen LogP contribution is -2.23. The lowest BCUT2D eigenvalue weighted by molar-refractivity contribution is 0.0949. The van der Waals surface area contributed by atoms with Crippen molar-refractivity contribution < 1.29 is 14.4 Å². The summed E-state index contributed by atoms with van der Waals surface area (Å²) >= 11 is 0. The first-order valence-electron chi connectivity index (χ1n) is 7.09. The topological polar surface area (TPSA) is 124 Å². The molecule has 2 aromatic rings. The van der Waals surface area contributed by atoms with Gasteiger partial charge >= 0.3 is 0 Å². The summed E-state index contributed by atoms with van der Waals surface area (Å²) in [7, 11) is 1.56.